The lowest BCUT2D eigenvalue weighted by molar-refractivity contribution is -0.137. The monoisotopic (exact) mass is 423 g/mol. The Morgan fingerprint density at radius 2 is 2.00 bits per heavy atom. The first-order chi connectivity index (χ1) is 14.2. The van der Waals surface area contributed by atoms with Crippen molar-refractivity contribution in [3.63, 3.8) is 0 Å². The van der Waals surface area contributed by atoms with E-state index < -0.39 is 29.9 Å². The van der Waals surface area contributed by atoms with Crippen LogP contribution < -0.4 is 20.3 Å². The molecule has 1 fully saturated rings. The molecule has 1 unspecified atom stereocenters. The van der Waals surface area contributed by atoms with E-state index in [2.05, 4.69) is 10.6 Å². The molecule has 1 aliphatic heterocycles. The van der Waals surface area contributed by atoms with Crippen LogP contribution in [0.1, 0.15) is 24.1 Å². The molecule has 1 atom stereocenters. The number of halogens is 3. The standard InChI is InChI=1S/C20H20F3N3O4/c1-12(13-4-3-5-14(10-13)20(21,22)23)24-18(27)25-15-6-7-16(17(11-15)29-2)26-8-9-30-19(26)28/h3-7,10-12H,8-9H2,1-2H3,(H2,24,25,27). The molecule has 3 rings (SSSR count). The van der Waals surface area contributed by atoms with Gasteiger partial charge in [0.1, 0.15) is 12.4 Å². The van der Waals surface area contributed by atoms with Crippen molar-refractivity contribution < 1.29 is 32.2 Å². The number of rotatable bonds is 5. The molecule has 1 saturated heterocycles. The molecule has 30 heavy (non-hydrogen) atoms. The largest absolute Gasteiger partial charge is 0.494 e. The number of ether oxygens (including phenoxy) is 2. The lowest BCUT2D eigenvalue weighted by Gasteiger charge is -2.19. The van der Waals surface area contributed by atoms with Crippen LogP contribution in [0, 0.1) is 0 Å². The molecule has 1 aliphatic rings. The van der Waals surface area contributed by atoms with Gasteiger partial charge in [-0.25, -0.2) is 9.59 Å². The molecule has 7 nitrogen and oxygen atoms in total. The Hall–Kier alpha value is -3.43. The molecular formula is C20H20F3N3O4. The zero-order valence-electron chi connectivity index (χ0n) is 16.2. The van der Waals surface area contributed by atoms with Crippen molar-refractivity contribution in [2.45, 2.75) is 19.1 Å². The number of cyclic esters (lactones) is 1. The Bertz CT molecular complexity index is 949. The van der Waals surface area contributed by atoms with Crippen LogP contribution in [-0.2, 0) is 10.9 Å². The van der Waals surface area contributed by atoms with Crippen molar-refractivity contribution in [1.82, 2.24) is 5.32 Å². The van der Waals surface area contributed by atoms with Crippen molar-refractivity contribution in [1.29, 1.82) is 0 Å². The van der Waals surface area contributed by atoms with Gasteiger partial charge < -0.3 is 20.1 Å². The maximum absolute atomic E-state index is 12.9. The molecule has 0 saturated carbocycles. The molecular weight excluding hydrogens is 403 g/mol. The highest BCUT2D eigenvalue weighted by Gasteiger charge is 2.31. The second-order valence-corrected chi connectivity index (χ2v) is 6.60. The highest BCUT2D eigenvalue weighted by Crippen LogP contribution is 2.33. The molecule has 2 aromatic carbocycles. The van der Waals surface area contributed by atoms with Crippen LogP contribution in [-0.4, -0.2) is 32.4 Å². The van der Waals surface area contributed by atoms with Gasteiger partial charge in [-0.2, -0.15) is 13.2 Å². The van der Waals surface area contributed by atoms with Crippen molar-refractivity contribution in [3.8, 4) is 5.75 Å². The summed E-state index contributed by atoms with van der Waals surface area (Å²) in [6.45, 7) is 2.24. The lowest BCUT2D eigenvalue weighted by atomic mass is 10.1. The van der Waals surface area contributed by atoms with E-state index in [4.69, 9.17) is 9.47 Å². The van der Waals surface area contributed by atoms with Gasteiger partial charge in [0.25, 0.3) is 0 Å². The summed E-state index contributed by atoms with van der Waals surface area (Å²) in [5.41, 5.74) is 0.426. The second-order valence-electron chi connectivity index (χ2n) is 6.60. The first-order valence-electron chi connectivity index (χ1n) is 9.06. The predicted octanol–water partition coefficient (Wildman–Crippen LogP) is 4.55. The molecule has 2 N–H and O–H groups in total. The van der Waals surface area contributed by atoms with Crippen LogP contribution in [0.15, 0.2) is 42.5 Å². The summed E-state index contributed by atoms with van der Waals surface area (Å²) in [5.74, 6) is 0.359. The number of nitrogens with one attached hydrogen (secondary N) is 2. The van der Waals surface area contributed by atoms with E-state index in [1.807, 2.05) is 0 Å². The summed E-state index contributed by atoms with van der Waals surface area (Å²) >= 11 is 0. The fourth-order valence-corrected chi connectivity index (χ4v) is 3.02. The van der Waals surface area contributed by atoms with Gasteiger partial charge in [0.2, 0.25) is 0 Å². The van der Waals surface area contributed by atoms with Gasteiger partial charge in [-0.1, -0.05) is 12.1 Å². The van der Waals surface area contributed by atoms with Crippen LogP contribution >= 0.6 is 0 Å². The van der Waals surface area contributed by atoms with E-state index in [0.29, 0.717) is 29.2 Å². The number of hydrogen-bond acceptors (Lipinski definition) is 4. The third kappa shape index (κ3) is 4.76. The summed E-state index contributed by atoms with van der Waals surface area (Å²) in [6.07, 6.45) is -4.94. The molecule has 2 aromatic rings. The molecule has 160 valence electrons. The number of hydrogen-bond donors (Lipinski definition) is 2. The number of alkyl halides is 3. The molecule has 0 spiro atoms. The van der Waals surface area contributed by atoms with Crippen molar-refractivity contribution in [2.75, 3.05) is 30.5 Å². The Morgan fingerprint density at radius 3 is 2.63 bits per heavy atom. The average molecular weight is 423 g/mol. The van der Waals surface area contributed by atoms with Crippen LogP contribution in [0.5, 0.6) is 5.75 Å². The number of benzene rings is 2. The molecule has 0 aliphatic carbocycles. The van der Waals surface area contributed by atoms with E-state index >= 15 is 0 Å². The molecule has 1 heterocycles. The third-order valence-electron chi connectivity index (χ3n) is 4.55. The zero-order chi connectivity index (χ0) is 21.9. The minimum atomic E-state index is -4.46. The Morgan fingerprint density at radius 1 is 1.23 bits per heavy atom. The van der Waals surface area contributed by atoms with Gasteiger partial charge in [0, 0.05) is 11.8 Å². The number of urea groups is 1. The van der Waals surface area contributed by atoms with Gasteiger partial charge in [0.05, 0.1) is 30.9 Å². The zero-order valence-corrected chi connectivity index (χ0v) is 16.2. The lowest BCUT2D eigenvalue weighted by Crippen LogP contribution is -2.31. The Labute approximate surface area is 170 Å². The van der Waals surface area contributed by atoms with E-state index in [1.54, 1.807) is 19.1 Å². The number of anilines is 2. The summed E-state index contributed by atoms with van der Waals surface area (Å²) in [4.78, 5) is 25.5. The normalized spacial score (nSPS) is 14.8. The van der Waals surface area contributed by atoms with E-state index in [-0.39, 0.29) is 6.61 Å². The van der Waals surface area contributed by atoms with Gasteiger partial charge in [-0.3, -0.25) is 4.90 Å². The number of amides is 3. The topological polar surface area (TPSA) is 79.9 Å². The fraction of sp³-hybridized carbons (Fsp3) is 0.300. The number of carbonyl (C=O) groups excluding carboxylic acids is 2. The molecule has 0 bridgehead atoms. The van der Waals surface area contributed by atoms with Crippen LogP contribution in [0.2, 0.25) is 0 Å². The van der Waals surface area contributed by atoms with E-state index in [9.17, 15) is 22.8 Å². The van der Waals surface area contributed by atoms with E-state index in [1.165, 1.54) is 30.2 Å². The van der Waals surface area contributed by atoms with Gasteiger partial charge in [0.15, 0.2) is 0 Å². The number of carbonyl (C=O) groups is 2. The quantitative estimate of drug-likeness (QED) is 0.739. The molecule has 0 aromatic heterocycles. The summed E-state index contributed by atoms with van der Waals surface area (Å²) in [7, 11) is 1.43. The highest BCUT2D eigenvalue weighted by molar-refractivity contribution is 5.93. The number of methoxy groups -OCH3 is 1. The summed E-state index contributed by atoms with van der Waals surface area (Å²) in [5, 5.41) is 5.20. The SMILES string of the molecule is COc1cc(NC(=O)NC(C)c2cccc(C(F)(F)F)c2)ccc1N1CCOC1=O. The van der Waals surface area contributed by atoms with Gasteiger partial charge in [-0.15, -0.1) is 0 Å². The Balaban J connectivity index is 1.68. The smallest absolute Gasteiger partial charge is 0.416 e. The molecule has 0 radical (unpaired) electrons. The summed E-state index contributed by atoms with van der Waals surface area (Å²) in [6, 6.07) is 8.24. The molecule has 10 heteroatoms. The van der Waals surface area contributed by atoms with Crippen molar-refractivity contribution >= 4 is 23.5 Å². The fourth-order valence-electron chi connectivity index (χ4n) is 3.02. The first kappa shape index (κ1) is 21.3. The predicted molar refractivity (Wildman–Crippen MR) is 104 cm³/mol. The van der Waals surface area contributed by atoms with E-state index in [0.717, 1.165) is 12.1 Å². The minimum Gasteiger partial charge on any atom is -0.494 e. The van der Waals surface area contributed by atoms with Crippen LogP contribution in [0.25, 0.3) is 0 Å². The third-order valence-corrected chi connectivity index (χ3v) is 4.55. The van der Waals surface area contributed by atoms with Crippen molar-refractivity contribution in [2.24, 2.45) is 0 Å². The molecule has 3 amide bonds. The van der Waals surface area contributed by atoms with Gasteiger partial charge >= 0.3 is 18.3 Å². The summed E-state index contributed by atoms with van der Waals surface area (Å²) < 4.78 is 48.8. The first-order valence-corrected chi connectivity index (χ1v) is 9.06. The second kappa shape index (κ2) is 8.52. The van der Waals surface area contributed by atoms with Crippen LogP contribution in [0.3, 0.4) is 0 Å². The minimum absolute atomic E-state index is 0.276. The Kier molecular flexibility index (Phi) is 6.04. The maximum Gasteiger partial charge on any atom is 0.416 e. The average Bonchev–Trinajstić information content (AvgIpc) is 3.13. The van der Waals surface area contributed by atoms with Gasteiger partial charge in [-0.05, 0) is 36.8 Å². The number of nitrogens with zero attached hydrogens (tertiary/aromatic N) is 1. The van der Waals surface area contributed by atoms with Crippen molar-refractivity contribution in [3.05, 3.63) is 53.6 Å². The highest BCUT2D eigenvalue weighted by atomic mass is 19.4. The maximum atomic E-state index is 12.9. The van der Waals surface area contributed by atoms with Crippen LogP contribution in [0.4, 0.5) is 34.1 Å².